The van der Waals surface area contributed by atoms with Crippen molar-refractivity contribution in [3.05, 3.63) is 35.2 Å². The van der Waals surface area contributed by atoms with Gasteiger partial charge in [0.1, 0.15) is 6.04 Å². The van der Waals surface area contributed by atoms with Crippen LogP contribution in [0.25, 0.3) is 11.4 Å². The average molecular weight is 337 g/mol. The van der Waals surface area contributed by atoms with Crippen LogP contribution >= 0.6 is 23.8 Å². The van der Waals surface area contributed by atoms with E-state index in [1.165, 1.54) is 0 Å². The zero-order valence-corrected chi connectivity index (χ0v) is 14.0. The third-order valence-corrected chi connectivity index (χ3v) is 4.34. The normalized spacial score (nSPS) is 15.4. The lowest BCUT2D eigenvalue weighted by Gasteiger charge is -2.28. The van der Waals surface area contributed by atoms with Crippen molar-refractivity contribution in [2.75, 3.05) is 7.05 Å². The van der Waals surface area contributed by atoms with Crippen molar-refractivity contribution >= 4 is 28.9 Å². The number of aromatic nitrogens is 2. The zero-order valence-electron chi connectivity index (χ0n) is 12.4. The third-order valence-electron chi connectivity index (χ3n) is 3.69. The fourth-order valence-corrected chi connectivity index (χ4v) is 2.91. The Bertz CT molecular complexity index is 686. The van der Waals surface area contributed by atoms with Gasteiger partial charge in [-0.15, -0.1) is 0 Å². The standard InChI is InChI=1S/C15H17ClN4OS/c1-9(20(12-6-7-12)15(22)17-2)14-18-13(19-21-14)10-4-3-5-11(16)8-10/h3-5,8-9,12H,6-7H2,1-2H3,(H,17,22). The molecule has 0 spiro atoms. The molecule has 2 aromatic rings. The average Bonchev–Trinajstić information content (AvgIpc) is 3.21. The molecule has 5 nitrogen and oxygen atoms in total. The minimum absolute atomic E-state index is 0.0621. The highest BCUT2D eigenvalue weighted by atomic mass is 35.5. The quantitative estimate of drug-likeness (QED) is 0.863. The van der Waals surface area contributed by atoms with E-state index in [4.69, 9.17) is 28.3 Å². The summed E-state index contributed by atoms with van der Waals surface area (Å²) >= 11 is 11.4. The molecule has 22 heavy (non-hydrogen) atoms. The van der Waals surface area contributed by atoms with Gasteiger partial charge >= 0.3 is 0 Å². The van der Waals surface area contributed by atoms with Gasteiger partial charge in [0.05, 0.1) is 0 Å². The van der Waals surface area contributed by atoms with E-state index in [0.717, 1.165) is 18.4 Å². The molecule has 0 radical (unpaired) electrons. The fourth-order valence-electron chi connectivity index (χ4n) is 2.41. The zero-order chi connectivity index (χ0) is 15.7. The number of hydrogen-bond acceptors (Lipinski definition) is 4. The SMILES string of the molecule is CNC(=S)N(C1CC1)C(C)c1nc(-c2cccc(Cl)c2)no1. The highest BCUT2D eigenvalue weighted by Crippen LogP contribution is 2.34. The Morgan fingerprint density at radius 1 is 1.50 bits per heavy atom. The Balaban J connectivity index is 1.84. The van der Waals surface area contributed by atoms with Gasteiger partial charge in [0.25, 0.3) is 0 Å². The summed E-state index contributed by atoms with van der Waals surface area (Å²) < 4.78 is 5.44. The number of thiocarbonyl (C=S) groups is 1. The van der Waals surface area contributed by atoms with Crippen molar-refractivity contribution < 1.29 is 4.52 Å². The van der Waals surface area contributed by atoms with Gasteiger partial charge in [0.15, 0.2) is 5.11 Å². The fraction of sp³-hybridized carbons (Fsp3) is 0.400. The van der Waals surface area contributed by atoms with Crippen LogP contribution in [-0.2, 0) is 0 Å². The van der Waals surface area contributed by atoms with Gasteiger partial charge < -0.3 is 14.7 Å². The molecule has 1 aliphatic carbocycles. The van der Waals surface area contributed by atoms with Crippen molar-refractivity contribution in [1.82, 2.24) is 20.4 Å². The summed E-state index contributed by atoms with van der Waals surface area (Å²) in [5.41, 5.74) is 0.837. The number of rotatable bonds is 4. The molecule has 116 valence electrons. The molecule has 1 saturated carbocycles. The van der Waals surface area contributed by atoms with Crippen LogP contribution in [0.5, 0.6) is 0 Å². The maximum absolute atomic E-state index is 6.00. The van der Waals surface area contributed by atoms with Crippen LogP contribution in [0, 0.1) is 0 Å². The molecular weight excluding hydrogens is 320 g/mol. The van der Waals surface area contributed by atoms with Gasteiger partial charge in [0.2, 0.25) is 11.7 Å². The van der Waals surface area contributed by atoms with Crippen molar-refractivity contribution in [1.29, 1.82) is 0 Å². The molecule has 1 aromatic heterocycles. The van der Waals surface area contributed by atoms with E-state index in [2.05, 4.69) is 20.4 Å². The predicted octanol–water partition coefficient (Wildman–Crippen LogP) is 3.42. The Morgan fingerprint density at radius 3 is 2.91 bits per heavy atom. The summed E-state index contributed by atoms with van der Waals surface area (Å²) in [7, 11) is 1.83. The molecule has 1 atom stereocenters. The molecular formula is C15H17ClN4OS. The summed E-state index contributed by atoms with van der Waals surface area (Å²) in [6.45, 7) is 2.03. The Labute approximate surface area is 139 Å². The second-order valence-electron chi connectivity index (χ2n) is 5.34. The summed E-state index contributed by atoms with van der Waals surface area (Å²) in [5.74, 6) is 1.09. The first-order chi connectivity index (χ1) is 10.6. The van der Waals surface area contributed by atoms with Crippen molar-refractivity contribution in [3.63, 3.8) is 0 Å². The van der Waals surface area contributed by atoms with E-state index in [1.807, 2.05) is 38.2 Å². The minimum atomic E-state index is -0.0621. The third kappa shape index (κ3) is 3.08. The maximum atomic E-state index is 6.00. The summed E-state index contributed by atoms with van der Waals surface area (Å²) in [5, 5.41) is 8.45. The minimum Gasteiger partial charge on any atom is -0.366 e. The maximum Gasteiger partial charge on any atom is 0.249 e. The first-order valence-corrected chi connectivity index (χ1v) is 7.98. The summed E-state index contributed by atoms with van der Waals surface area (Å²) in [6, 6.07) is 7.79. The highest BCUT2D eigenvalue weighted by molar-refractivity contribution is 7.80. The van der Waals surface area contributed by atoms with Gasteiger partial charge in [-0.25, -0.2) is 0 Å². The van der Waals surface area contributed by atoms with E-state index >= 15 is 0 Å². The van der Waals surface area contributed by atoms with Gasteiger partial charge in [-0.1, -0.05) is 28.9 Å². The highest BCUT2D eigenvalue weighted by Gasteiger charge is 2.36. The summed E-state index contributed by atoms with van der Waals surface area (Å²) in [4.78, 5) is 6.63. The van der Waals surface area contributed by atoms with E-state index in [0.29, 0.717) is 27.9 Å². The van der Waals surface area contributed by atoms with E-state index in [1.54, 1.807) is 0 Å². The lowest BCUT2D eigenvalue weighted by atomic mass is 10.2. The van der Waals surface area contributed by atoms with Gasteiger partial charge in [-0.05, 0) is 44.1 Å². The molecule has 1 heterocycles. The molecule has 1 aliphatic rings. The van der Waals surface area contributed by atoms with E-state index in [9.17, 15) is 0 Å². The van der Waals surface area contributed by atoms with Crippen LogP contribution in [-0.4, -0.2) is 33.2 Å². The van der Waals surface area contributed by atoms with Crippen molar-refractivity contribution in [2.24, 2.45) is 0 Å². The van der Waals surface area contributed by atoms with Crippen molar-refractivity contribution in [2.45, 2.75) is 31.8 Å². The van der Waals surface area contributed by atoms with Crippen LogP contribution in [0.3, 0.4) is 0 Å². The molecule has 7 heteroatoms. The smallest absolute Gasteiger partial charge is 0.249 e. The van der Waals surface area contributed by atoms with Crippen molar-refractivity contribution in [3.8, 4) is 11.4 Å². The van der Waals surface area contributed by atoms with E-state index < -0.39 is 0 Å². The topological polar surface area (TPSA) is 54.2 Å². The lowest BCUT2D eigenvalue weighted by molar-refractivity contribution is 0.250. The first-order valence-electron chi connectivity index (χ1n) is 7.19. The number of nitrogens with zero attached hydrogens (tertiary/aromatic N) is 3. The Morgan fingerprint density at radius 2 is 2.27 bits per heavy atom. The predicted molar refractivity (Wildman–Crippen MR) is 89.7 cm³/mol. The molecule has 0 saturated heterocycles. The Kier molecular flexibility index (Phi) is 4.31. The molecule has 0 bridgehead atoms. The van der Waals surface area contributed by atoms with Crippen LogP contribution < -0.4 is 5.32 Å². The van der Waals surface area contributed by atoms with Gasteiger partial charge in [-0.3, -0.25) is 0 Å². The molecule has 3 rings (SSSR count). The number of hydrogen-bond donors (Lipinski definition) is 1. The lowest BCUT2D eigenvalue weighted by Crippen LogP contribution is -2.41. The molecule has 0 aliphatic heterocycles. The van der Waals surface area contributed by atoms with E-state index in [-0.39, 0.29) is 6.04 Å². The van der Waals surface area contributed by atoms with Crippen LogP contribution in [0.2, 0.25) is 5.02 Å². The van der Waals surface area contributed by atoms with Gasteiger partial charge in [-0.2, -0.15) is 4.98 Å². The van der Waals surface area contributed by atoms with Crippen LogP contribution in [0.1, 0.15) is 31.7 Å². The number of benzene rings is 1. The molecule has 1 fully saturated rings. The largest absolute Gasteiger partial charge is 0.366 e. The second kappa shape index (κ2) is 6.22. The first kappa shape index (κ1) is 15.2. The molecule has 1 unspecified atom stereocenters. The number of nitrogens with one attached hydrogen (secondary N) is 1. The number of halogens is 1. The second-order valence-corrected chi connectivity index (χ2v) is 6.16. The van der Waals surface area contributed by atoms with Gasteiger partial charge in [0, 0.05) is 23.7 Å². The molecule has 0 amide bonds. The Hall–Kier alpha value is -1.66. The van der Waals surface area contributed by atoms with Crippen LogP contribution in [0.4, 0.5) is 0 Å². The molecule has 1 aromatic carbocycles. The van der Waals surface area contributed by atoms with Crippen LogP contribution in [0.15, 0.2) is 28.8 Å². The summed E-state index contributed by atoms with van der Waals surface area (Å²) in [6.07, 6.45) is 2.28. The molecule has 1 N–H and O–H groups in total. The monoisotopic (exact) mass is 336 g/mol.